The van der Waals surface area contributed by atoms with Crippen molar-refractivity contribution in [3.05, 3.63) is 53.6 Å². The summed E-state index contributed by atoms with van der Waals surface area (Å²) in [5, 5.41) is 22.3. The van der Waals surface area contributed by atoms with Gasteiger partial charge in [0.15, 0.2) is 11.5 Å². The summed E-state index contributed by atoms with van der Waals surface area (Å²) in [7, 11) is 1.54. The average Bonchev–Trinajstić information content (AvgIpc) is 2.49. The molecule has 2 rings (SSSR count). The lowest BCUT2D eigenvalue weighted by molar-refractivity contribution is 0.373. The van der Waals surface area contributed by atoms with Crippen LogP contribution in [0.1, 0.15) is 11.1 Å². The molecule has 0 amide bonds. The maximum Gasteiger partial charge on any atom is 0.160 e. The second-order valence-electron chi connectivity index (χ2n) is 4.92. The third-order valence-corrected chi connectivity index (χ3v) is 3.36. The predicted octanol–water partition coefficient (Wildman–Crippen LogP) is 2.48. The van der Waals surface area contributed by atoms with Crippen molar-refractivity contribution in [1.82, 2.24) is 5.32 Å². The minimum Gasteiger partial charge on any atom is -0.508 e. The molecule has 0 atom stereocenters. The van der Waals surface area contributed by atoms with Gasteiger partial charge in [-0.2, -0.15) is 0 Å². The number of phenols is 2. The van der Waals surface area contributed by atoms with Crippen molar-refractivity contribution in [1.29, 1.82) is 0 Å². The first-order chi connectivity index (χ1) is 10.2. The monoisotopic (exact) mass is 287 g/mol. The normalized spacial score (nSPS) is 10.5. The van der Waals surface area contributed by atoms with Crippen molar-refractivity contribution in [2.24, 2.45) is 0 Å². The van der Waals surface area contributed by atoms with Gasteiger partial charge in [0, 0.05) is 0 Å². The van der Waals surface area contributed by atoms with Crippen LogP contribution in [0.2, 0.25) is 0 Å². The van der Waals surface area contributed by atoms with E-state index < -0.39 is 0 Å². The van der Waals surface area contributed by atoms with E-state index in [1.807, 2.05) is 18.2 Å². The Morgan fingerprint density at radius 1 is 0.905 bits per heavy atom. The molecule has 112 valence electrons. The number of ether oxygens (including phenoxy) is 1. The minimum atomic E-state index is 0.180. The maximum atomic E-state index is 9.70. The van der Waals surface area contributed by atoms with Crippen LogP contribution in [0.15, 0.2) is 42.5 Å². The van der Waals surface area contributed by atoms with Gasteiger partial charge in [0.05, 0.1) is 7.11 Å². The number of methoxy groups -OCH3 is 1. The molecule has 2 aromatic carbocycles. The van der Waals surface area contributed by atoms with E-state index in [0.717, 1.165) is 31.5 Å². The summed E-state index contributed by atoms with van der Waals surface area (Å²) in [5.74, 6) is 0.976. The van der Waals surface area contributed by atoms with Crippen molar-refractivity contribution in [3.8, 4) is 17.2 Å². The van der Waals surface area contributed by atoms with Crippen LogP contribution in [0, 0.1) is 0 Å². The van der Waals surface area contributed by atoms with Crippen molar-refractivity contribution in [3.63, 3.8) is 0 Å². The molecular formula is C17H21NO3. The predicted molar refractivity (Wildman–Crippen MR) is 83.0 cm³/mol. The fourth-order valence-electron chi connectivity index (χ4n) is 2.14. The van der Waals surface area contributed by atoms with Crippen molar-refractivity contribution >= 4 is 0 Å². The van der Waals surface area contributed by atoms with E-state index in [0.29, 0.717) is 11.5 Å². The second-order valence-corrected chi connectivity index (χ2v) is 4.92. The maximum absolute atomic E-state index is 9.70. The second kappa shape index (κ2) is 7.55. The summed E-state index contributed by atoms with van der Waals surface area (Å²) in [6.07, 6.45) is 1.78. The molecule has 0 aliphatic heterocycles. The summed E-state index contributed by atoms with van der Waals surface area (Å²) >= 11 is 0. The largest absolute Gasteiger partial charge is 0.508 e. The van der Waals surface area contributed by atoms with Crippen LogP contribution in [0.4, 0.5) is 0 Å². The quantitative estimate of drug-likeness (QED) is 0.685. The zero-order valence-corrected chi connectivity index (χ0v) is 12.2. The van der Waals surface area contributed by atoms with Gasteiger partial charge in [-0.15, -0.1) is 0 Å². The Morgan fingerprint density at radius 2 is 1.52 bits per heavy atom. The molecule has 0 aliphatic carbocycles. The zero-order valence-electron chi connectivity index (χ0n) is 12.2. The van der Waals surface area contributed by atoms with E-state index in [4.69, 9.17) is 4.74 Å². The number of hydrogen-bond donors (Lipinski definition) is 3. The average molecular weight is 287 g/mol. The molecular weight excluding hydrogens is 266 g/mol. The molecule has 0 aliphatic rings. The highest BCUT2D eigenvalue weighted by molar-refractivity contribution is 5.41. The highest BCUT2D eigenvalue weighted by atomic mass is 16.5. The van der Waals surface area contributed by atoms with Gasteiger partial charge < -0.3 is 20.3 Å². The van der Waals surface area contributed by atoms with Gasteiger partial charge in [-0.3, -0.25) is 0 Å². The molecule has 3 N–H and O–H groups in total. The van der Waals surface area contributed by atoms with E-state index >= 15 is 0 Å². The number of aromatic hydroxyl groups is 2. The van der Waals surface area contributed by atoms with Crippen LogP contribution in [-0.4, -0.2) is 30.4 Å². The van der Waals surface area contributed by atoms with Crippen LogP contribution in [0.3, 0.4) is 0 Å². The Balaban J connectivity index is 1.70. The van der Waals surface area contributed by atoms with E-state index in [1.165, 1.54) is 5.56 Å². The third kappa shape index (κ3) is 4.68. The van der Waals surface area contributed by atoms with Gasteiger partial charge in [0.1, 0.15) is 5.75 Å². The van der Waals surface area contributed by atoms with Gasteiger partial charge in [0.25, 0.3) is 0 Å². The van der Waals surface area contributed by atoms with E-state index in [-0.39, 0.29) is 5.75 Å². The van der Waals surface area contributed by atoms with Crippen molar-refractivity contribution in [2.45, 2.75) is 12.8 Å². The highest BCUT2D eigenvalue weighted by Gasteiger charge is 2.02. The number of phenolic OH excluding ortho intramolecular Hbond substituents is 2. The smallest absolute Gasteiger partial charge is 0.160 e. The van der Waals surface area contributed by atoms with Gasteiger partial charge in [-0.25, -0.2) is 0 Å². The minimum absolute atomic E-state index is 0.180. The number of benzene rings is 2. The fourth-order valence-corrected chi connectivity index (χ4v) is 2.14. The van der Waals surface area contributed by atoms with Gasteiger partial charge in [0.2, 0.25) is 0 Å². The molecule has 0 unspecified atom stereocenters. The topological polar surface area (TPSA) is 61.7 Å². The Morgan fingerprint density at radius 3 is 2.14 bits per heavy atom. The lowest BCUT2D eigenvalue weighted by atomic mass is 10.1. The molecule has 21 heavy (non-hydrogen) atoms. The lowest BCUT2D eigenvalue weighted by Crippen LogP contribution is -2.20. The molecule has 0 heterocycles. The first-order valence-corrected chi connectivity index (χ1v) is 7.03. The Kier molecular flexibility index (Phi) is 5.46. The molecule has 0 bridgehead atoms. The van der Waals surface area contributed by atoms with Crippen LogP contribution < -0.4 is 10.1 Å². The summed E-state index contributed by atoms with van der Waals surface area (Å²) in [4.78, 5) is 0. The van der Waals surface area contributed by atoms with Crippen LogP contribution >= 0.6 is 0 Å². The van der Waals surface area contributed by atoms with Crippen molar-refractivity contribution in [2.75, 3.05) is 20.2 Å². The highest BCUT2D eigenvalue weighted by Crippen LogP contribution is 2.26. The molecule has 2 aromatic rings. The number of hydrogen-bond acceptors (Lipinski definition) is 4. The lowest BCUT2D eigenvalue weighted by Gasteiger charge is -2.08. The van der Waals surface area contributed by atoms with E-state index in [9.17, 15) is 10.2 Å². The third-order valence-electron chi connectivity index (χ3n) is 3.36. The summed E-state index contributed by atoms with van der Waals surface area (Å²) in [5.41, 5.74) is 2.27. The Hall–Kier alpha value is -2.20. The van der Waals surface area contributed by atoms with E-state index in [2.05, 4.69) is 5.32 Å². The molecule has 4 nitrogen and oxygen atoms in total. The standard InChI is InChI=1S/C17H21NO3/c1-21-17-7-4-14(12-16(17)20)9-11-18-10-8-13-2-5-15(19)6-3-13/h2-7,12,18-20H,8-11H2,1H3. The number of rotatable bonds is 7. The Bertz CT molecular complexity index is 567. The Labute approximate surface area is 125 Å². The first kappa shape index (κ1) is 15.2. The van der Waals surface area contributed by atoms with Crippen LogP contribution in [-0.2, 0) is 12.8 Å². The molecule has 0 saturated carbocycles. The SMILES string of the molecule is COc1ccc(CCNCCc2ccc(O)cc2)cc1O. The summed E-state index contributed by atoms with van der Waals surface area (Å²) in [6, 6.07) is 12.7. The van der Waals surface area contributed by atoms with Crippen LogP contribution in [0.5, 0.6) is 17.2 Å². The van der Waals surface area contributed by atoms with Crippen LogP contribution in [0.25, 0.3) is 0 Å². The van der Waals surface area contributed by atoms with E-state index in [1.54, 1.807) is 31.4 Å². The molecule has 4 heteroatoms. The summed E-state index contributed by atoms with van der Waals surface area (Å²) in [6.45, 7) is 1.73. The summed E-state index contributed by atoms with van der Waals surface area (Å²) < 4.78 is 5.02. The molecule has 0 spiro atoms. The zero-order chi connectivity index (χ0) is 15.1. The van der Waals surface area contributed by atoms with Gasteiger partial charge >= 0.3 is 0 Å². The molecule has 0 radical (unpaired) electrons. The fraction of sp³-hybridized carbons (Fsp3) is 0.294. The number of nitrogens with one attached hydrogen (secondary N) is 1. The van der Waals surface area contributed by atoms with Gasteiger partial charge in [-0.1, -0.05) is 18.2 Å². The van der Waals surface area contributed by atoms with Gasteiger partial charge in [-0.05, 0) is 61.3 Å². The molecule has 0 fully saturated rings. The molecule has 0 aromatic heterocycles. The van der Waals surface area contributed by atoms with Crippen molar-refractivity contribution < 1.29 is 14.9 Å². The first-order valence-electron chi connectivity index (χ1n) is 7.03. The molecule has 0 saturated heterocycles.